The van der Waals surface area contributed by atoms with Gasteiger partial charge in [0.1, 0.15) is 0 Å². The van der Waals surface area contributed by atoms with Gasteiger partial charge in [-0.1, -0.05) is 0 Å². The third kappa shape index (κ3) is 5.48. The lowest BCUT2D eigenvalue weighted by Crippen LogP contribution is -2.50. The topological polar surface area (TPSA) is 61.8 Å². The van der Waals surface area contributed by atoms with Crippen LogP contribution >= 0.6 is 0 Å². The first kappa shape index (κ1) is 14.4. The first-order chi connectivity index (χ1) is 7.93. The number of ether oxygens (including phenoxy) is 1. The van der Waals surface area contributed by atoms with Crippen molar-refractivity contribution >= 4 is 5.91 Å². The van der Waals surface area contributed by atoms with Gasteiger partial charge in [0.25, 0.3) is 0 Å². The number of β-amino-alcohol motifs (C(OH)–C–C–N with tert-alkyl or cyclic N) is 1. The minimum absolute atomic E-state index is 0.00718. The van der Waals surface area contributed by atoms with E-state index >= 15 is 0 Å². The van der Waals surface area contributed by atoms with E-state index in [9.17, 15) is 9.90 Å². The molecule has 2 unspecified atom stereocenters. The summed E-state index contributed by atoms with van der Waals surface area (Å²) in [6.07, 6.45) is 1.75. The van der Waals surface area contributed by atoms with Crippen LogP contribution < -0.4 is 5.32 Å². The number of methoxy groups -OCH3 is 1. The van der Waals surface area contributed by atoms with Crippen LogP contribution in [0.5, 0.6) is 0 Å². The molecule has 0 bridgehead atoms. The lowest BCUT2D eigenvalue weighted by atomic mass is 9.95. The van der Waals surface area contributed by atoms with Gasteiger partial charge in [-0.25, -0.2) is 0 Å². The molecule has 1 heterocycles. The van der Waals surface area contributed by atoms with Crippen molar-refractivity contribution in [2.24, 2.45) is 0 Å². The number of hydrogen-bond donors (Lipinski definition) is 2. The molecule has 2 atom stereocenters. The first-order valence-corrected chi connectivity index (χ1v) is 6.16. The van der Waals surface area contributed by atoms with Crippen LogP contribution in [0.3, 0.4) is 0 Å². The molecule has 0 aromatic heterocycles. The molecule has 1 aliphatic heterocycles. The highest BCUT2D eigenvalue weighted by Crippen LogP contribution is 2.19. The lowest BCUT2D eigenvalue weighted by Gasteiger charge is -2.36. The van der Waals surface area contributed by atoms with Gasteiger partial charge in [-0.15, -0.1) is 0 Å². The third-order valence-corrected chi connectivity index (χ3v) is 2.95. The van der Waals surface area contributed by atoms with Gasteiger partial charge < -0.3 is 15.2 Å². The molecule has 2 N–H and O–H groups in total. The van der Waals surface area contributed by atoms with Crippen LogP contribution in [0.25, 0.3) is 0 Å². The molecule has 1 amide bonds. The van der Waals surface area contributed by atoms with E-state index in [-0.39, 0.29) is 11.9 Å². The van der Waals surface area contributed by atoms with Gasteiger partial charge in [-0.3, -0.25) is 9.69 Å². The summed E-state index contributed by atoms with van der Waals surface area (Å²) in [5, 5.41) is 12.8. The molecule has 1 saturated heterocycles. The van der Waals surface area contributed by atoms with Gasteiger partial charge in [-0.05, 0) is 33.2 Å². The van der Waals surface area contributed by atoms with Crippen LogP contribution in [-0.2, 0) is 9.53 Å². The van der Waals surface area contributed by atoms with Gasteiger partial charge in [-0.2, -0.15) is 0 Å². The fourth-order valence-electron chi connectivity index (χ4n) is 2.27. The monoisotopic (exact) mass is 244 g/mol. The highest BCUT2D eigenvalue weighted by atomic mass is 16.5. The maximum Gasteiger partial charge on any atom is 0.234 e. The van der Waals surface area contributed by atoms with E-state index in [0.717, 1.165) is 19.4 Å². The maximum absolute atomic E-state index is 11.7. The lowest BCUT2D eigenvalue weighted by molar-refractivity contribution is -0.124. The summed E-state index contributed by atoms with van der Waals surface area (Å²) in [6.45, 7) is 6.05. The summed E-state index contributed by atoms with van der Waals surface area (Å²) in [7, 11) is 1.62. The van der Waals surface area contributed by atoms with Crippen molar-refractivity contribution in [2.75, 3.05) is 33.4 Å². The average molecular weight is 244 g/mol. The zero-order chi connectivity index (χ0) is 12.9. The SMILES string of the molecule is COCC(C)NC(=O)CN1CCCC(C)(O)C1. The van der Waals surface area contributed by atoms with Gasteiger partial charge in [0.05, 0.1) is 18.8 Å². The number of hydrogen-bond acceptors (Lipinski definition) is 4. The van der Waals surface area contributed by atoms with E-state index in [1.165, 1.54) is 0 Å². The summed E-state index contributed by atoms with van der Waals surface area (Å²) >= 11 is 0. The molecule has 0 saturated carbocycles. The molecule has 100 valence electrons. The number of nitrogens with one attached hydrogen (secondary N) is 1. The van der Waals surface area contributed by atoms with Gasteiger partial charge in [0.2, 0.25) is 5.91 Å². The van der Waals surface area contributed by atoms with E-state index in [2.05, 4.69) is 5.32 Å². The van der Waals surface area contributed by atoms with E-state index in [1.54, 1.807) is 7.11 Å². The number of carbonyl (C=O) groups is 1. The Balaban J connectivity index is 2.31. The molecule has 5 heteroatoms. The summed E-state index contributed by atoms with van der Waals surface area (Å²) in [6, 6.07) is 0.0257. The molecule has 1 fully saturated rings. The molecule has 5 nitrogen and oxygen atoms in total. The number of aliphatic hydroxyl groups is 1. The molecule has 17 heavy (non-hydrogen) atoms. The minimum atomic E-state index is -0.656. The minimum Gasteiger partial charge on any atom is -0.389 e. The Kier molecular flexibility index (Phi) is 5.36. The van der Waals surface area contributed by atoms with E-state index in [1.807, 2.05) is 18.7 Å². The highest BCUT2D eigenvalue weighted by Gasteiger charge is 2.29. The molecule has 0 aromatic carbocycles. The number of nitrogens with zero attached hydrogens (tertiary/aromatic N) is 1. The van der Waals surface area contributed by atoms with Crippen LogP contribution in [0.4, 0.5) is 0 Å². The predicted octanol–water partition coefficient (Wildman–Crippen LogP) is -0.0157. The normalized spacial score (nSPS) is 27.8. The second kappa shape index (κ2) is 6.33. The average Bonchev–Trinajstić information content (AvgIpc) is 2.15. The third-order valence-electron chi connectivity index (χ3n) is 2.95. The molecule has 0 aromatic rings. The second-order valence-corrected chi connectivity index (χ2v) is 5.24. The molecule has 1 rings (SSSR count). The van der Waals surface area contributed by atoms with Crippen LogP contribution in [-0.4, -0.2) is 60.9 Å². The van der Waals surface area contributed by atoms with Crippen LogP contribution in [0.1, 0.15) is 26.7 Å². The molecular weight excluding hydrogens is 220 g/mol. The van der Waals surface area contributed by atoms with E-state index in [0.29, 0.717) is 19.7 Å². The zero-order valence-corrected chi connectivity index (χ0v) is 11.0. The summed E-state index contributed by atoms with van der Waals surface area (Å²) in [4.78, 5) is 13.7. The number of rotatable bonds is 5. The van der Waals surface area contributed by atoms with Crippen LogP contribution in [0, 0.1) is 0 Å². The molecule has 0 radical (unpaired) electrons. The molecule has 0 spiro atoms. The Morgan fingerprint density at radius 2 is 2.35 bits per heavy atom. The van der Waals surface area contributed by atoms with Crippen molar-refractivity contribution in [2.45, 2.75) is 38.3 Å². The van der Waals surface area contributed by atoms with Gasteiger partial charge in [0.15, 0.2) is 0 Å². The smallest absolute Gasteiger partial charge is 0.234 e. The van der Waals surface area contributed by atoms with Crippen molar-refractivity contribution in [3.05, 3.63) is 0 Å². The quantitative estimate of drug-likeness (QED) is 0.714. The molecular formula is C12H24N2O3. The van der Waals surface area contributed by atoms with Crippen LogP contribution in [0.15, 0.2) is 0 Å². The Morgan fingerprint density at radius 1 is 1.65 bits per heavy atom. The van der Waals surface area contributed by atoms with Gasteiger partial charge in [0, 0.05) is 19.7 Å². The molecule has 1 aliphatic rings. The Bertz CT molecular complexity index is 256. The van der Waals surface area contributed by atoms with Crippen molar-refractivity contribution in [1.29, 1.82) is 0 Å². The number of likely N-dealkylation sites (tertiary alicyclic amines) is 1. The van der Waals surface area contributed by atoms with E-state index < -0.39 is 5.60 Å². The predicted molar refractivity (Wildman–Crippen MR) is 65.8 cm³/mol. The fourth-order valence-corrected chi connectivity index (χ4v) is 2.27. The number of amides is 1. The van der Waals surface area contributed by atoms with Crippen molar-refractivity contribution in [3.8, 4) is 0 Å². The van der Waals surface area contributed by atoms with Gasteiger partial charge >= 0.3 is 0 Å². The largest absolute Gasteiger partial charge is 0.389 e. The Morgan fingerprint density at radius 3 is 2.94 bits per heavy atom. The zero-order valence-electron chi connectivity index (χ0n) is 11.0. The Hall–Kier alpha value is -0.650. The van der Waals surface area contributed by atoms with Crippen molar-refractivity contribution in [3.63, 3.8) is 0 Å². The number of piperidine rings is 1. The molecule has 0 aliphatic carbocycles. The summed E-state index contributed by atoms with van der Waals surface area (Å²) < 4.78 is 4.96. The summed E-state index contributed by atoms with van der Waals surface area (Å²) in [5.74, 6) is -0.00718. The Labute approximate surface area is 103 Å². The first-order valence-electron chi connectivity index (χ1n) is 6.16. The van der Waals surface area contributed by atoms with E-state index in [4.69, 9.17) is 4.74 Å². The fraction of sp³-hybridized carbons (Fsp3) is 0.917. The van der Waals surface area contributed by atoms with Crippen LogP contribution in [0.2, 0.25) is 0 Å². The number of carbonyl (C=O) groups excluding carboxylic acids is 1. The standard InChI is InChI=1S/C12H24N2O3/c1-10(8-17-3)13-11(15)7-14-6-4-5-12(2,16)9-14/h10,16H,4-9H2,1-3H3,(H,13,15). The van der Waals surface area contributed by atoms with Crippen molar-refractivity contribution < 1.29 is 14.6 Å². The highest BCUT2D eigenvalue weighted by molar-refractivity contribution is 5.78. The summed E-state index contributed by atoms with van der Waals surface area (Å²) in [5.41, 5.74) is -0.656. The second-order valence-electron chi connectivity index (χ2n) is 5.24. The maximum atomic E-state index is 11.7. The van der Waals surface area contributed by atoms with Crippen molar-refractivity contribution in [1.82, 2.24) is 10.2 Å².